The van der Waals surface area contributed by atoms with Crippen LogP contribution in [0.25, 0.3) is 0 Å². The number of amides is 2. The van der Waals surface area contributed by atoms with Gasteiger partial charge in [0.25, 0.3) is 0 Å². The molecule has 3 N–H and O–H groups in total. The van der Waals surface area contributed by atoms with Crippen molar-refractivity contribution < 1.29 is 9.90 Å². The van der Waals surface area contributed by atoms with E-state index in [4.69, 9.17) is 16.9 Å². The van der Waals surface area contributed by atoms with Crippen molar-refractivity contribution in [2.24, 2.45) is 0 Å². The fraction of sp³-hybridized carbons (Fsp3) is 0.222. The number of halogens is 1. The van der Waals surface area contributed by atoms with E-state index in [1.807, 2.05) is 6.92 Å². The number of hydrogen-bond donors (Lipinski definition) is 3. The lowest BCUT2D eigenvalue weighted by molar-refractivity contribution is 0.214. The smallest absolute Gasteiger partial charge is 0.315 e. The first-order chi connectivity index (χ1) is 11.5. The van der Waals surface area contributed by atoms with Gasteiger partial charge in [0, 0.05) is 5.02 Å². The van der Waals surface area contributed by atoms with Gasteiger partial charge in [0.1, 0.15) is 0 Å². The maximum absolute atomic E-state index is 12.1. The lowest BCUT2D eigenvalue weighted by atomic mass is 10.1. The number of nitriles is 1. The number of nitrogens with zero attached hydrogens (tertiary/aromatic N) is 1. The van der Waals surface area contributed by atoms with Crippen LogP contribution < -0.4 is 10.6 Å². The van der Waals surface area contributed by atoms with Crippen LogP contribution in [0, 0.1) is 11.3 Å². The van der Waals surface area contributed by atoms with E-state index in [-0.39, 0.29) is 18.7 Å². The van der Waals surface area contributed by atoms with Crippen LogP contribution in [0.4, 0.5) is 4.79 Å². The molecule has 0 aliphatic carbocycles. The number of aliphatic hydroxyl groups excluding tert-OH is 1. The summed E-state index contributed by atoms with van der Waals surface area (Å²) in [6.07, 6.45) is 0. The van der Waals surface area contributed by atoms with Crippen molar-refractivity contribution in [2.75, 3.05) is 6.61 Å². The van der Waals surface area contributed by atoms with Gasteiger partial charge in [-0.15, -0.1) is 0 Å². The zero-order valence-corrected chi connectivity index (χ0v) is 13.9. The molecule has 2 unspecified atom stereocenters. The largest absolute Gasteiger partial charge is 0.394 e. The maximum Gasteiger partial charge on any atom is 0.315 e. The summed E-state index contributed by atoms with van der Waals surface area (Å²) in [6, 6.07) is 14.8. The third-order valence-electron chi connectivity index (χ3n) is 3.65. The van der Waals surface area contributed by atoms with E-state index in [1.165, 1.54) is 0 Å². The molecule has 0 aliphatic rings. The van der Waals surface area contributed by atoms with Crippen LogP contribution in [0.5, 0.6) is 0 Å². The molecule has 0 aromatic heterocycles. The predicted molar refractivity (Wildman–Crippen MR) is 92.5 cm³/mol. The molecule has 0 spiro atoms. The van der Waals surface area contributed by atoms with Crippen LogP contribution in [0.15, 0.2) is 48.5 Å². The second-order valence-electron chi connectivity index (χ2n) is 5.36. The zero-order chi connectivity index (χ0) is 17.5. The van der Waals surface area contributed by atoms with Gasteiger partial charge in [-0.05, 0) is 42.3 Å². The Bertz CT molecular complexity index is 723. The Balaban J connectivity index is 1.97. The molecule has 2 rings (SSSR count). The van der Waals surface area contributed by atoms with Gasteiger partial charge in [0.15, 0.2) is 0 Å². The Labute approximate surface area is 145 Å². The van der Waals surface area contributed by atoms with Crippen molar-refractivity contribution in [3.8, 4) is 6.07 Å². The summed E-state index contributed by atoms with van der Waals surface area (Å²) in [5, 5.41) is 24.4. The molecule has 2 aromatic carbocycles. The molecule has 0 bridgehead atoms. The summed E-state index contributed by atoms with van der Waals surface area (Å²) in [4.78, 5) is 12.1. The fourth-order valence-corrected chi connectivity index (χ4v) is 2.38. The lowest BCUT2D eigenvalue weighted by Gasteiger charge is -2.20. The topological polar surface area (TPSA) is 85.2 Å². The van der Waals surface area contributed by atoms with Crippen molar-refractivity contribution in [2.45, 2.75) is 19.0 Å². The molecule has 0 aliphatic heterocycles. The number of carbonyl (C=O) groups is 1. The van der Waals surface area contributed by atoms with Crippen LogP contribution >= 0.6 is 11.6 Å². The molecule has 2 atom stereocenters. The maximum atomic E-state index is 12.1. The summed E-state index contributed by atoms with van der Waals surface area (Å²) in [5.74, 6) is 0. The lowest BCUT2D eigenvalue weighted by Crippen LogP contribution is -2.40. The molecule has 0 fully saturated rings. The van der Waals surface area contributed by atoms with Gasteiger partial charge < -0.3 is 15.7 Å². The van der Waals surface area contributed by atoms with Gasteiger partial charge >= 0.3 is 6.03 Å². The minimum absolute atomic E-state index is 0.222. The molecule has 0 saturated carbocycles. The van der Waals surface area contributed by atoms with Crippen molar-refractivity contribution in [1.29, 1.82) is 5.26 Å². The average Bonchev–Trinajstić information content (AvgIpc) is 2.60. The number of rotatable bonds is 5. The van der Waals surface area contributed by atoms with Crippen molar-refractivity contribution in [3.63, 3.8) is 0 Å². The Morgan fingerprint density at radius 1 is 1.12 bits per heavy atom. The van der Waals surface area contributed by atoms with Crippen molar-refractivity contribution in [3.05, 3.63) is 70.2 Å². The minimum atomic E-state index is -0.518. The molecule has 0 radical (unpaired) electrons. The number of urea groups is 1. The van der Waals surface area contributed by atoms with Crippen LogP contribution in [-0.2, 0) is 0 Å². The highest BCUT2D eigenvalue weighted by molar-refractivity contribution is 6.30. The molecule has 0 saturated heterocycles. The number of aliphatic hydroxyl groups is 1. The summed E-state index contributed by atoms with van der Waals surface area (Å²) in [5.41, 5.74) is 2.22. The molecule has 24 heavy (non-hydrogen) atoms. The molecule has 2 amide bonds. The molecular formula is C18H18ClN3O2. The summed E-state index contributed by atoms with van der Waals surface area (Å²) >= 11 is 5.84. The monoisotopic (exact) mass is 343 g/mol. The first-order valence-electron chi connectivity index (χ1n) is 7.47. The van der Waals surface area contributed by atoms with Crippen LogP contribution in [0.1, 0.15) is 35.7 Å². The molecule has 5 nitrogen and oxygen atoms in total. The molecule has 2 aromatic rings. The van der Waals surface area contributed by atoms with E-state index < -0.39 is 6.04 Å². The number of carbonyl (C=O) groups excluding carboxylic acids is 1. The first kappa shape index (κ1) is 17.8. The standard InChI is InChI=1S/C18H18ClN3O2/c1-12(14-4-2-13(10-20)3-5-14)21-18(24)22-17(11-23)15-6-8-16(19)9-7-15/h2-9,12,17,23H,11H2,1H3,(H2,21,22,24). The number of hydrogen-bond acceptors (Lipinski definition) is 3. The van der Waals surface area contributed by atoms with Crippen LogP contribution in [0.2, 0.25) is 5.02 Å². The highest BCUT2D eigenvalue weighted by Crippen LogP contribution is 2.17. The van der Waals surface area contributed by atoms with E-state index in [9.17, 15) is 9.90 Å². The predicted octanol–water partition coefficient (Wildman–Crippen LogP) is 3.31. The first-order valence-corrected chi connectivity index (χ1v) is 7.84. The van der Waals surface area contributed by atoms with Gasteiger partial charge in [-0.2, -0.15) is 5.26 Å². The van der Waals surface area contributed by atoms with E-state index >= 15 is 0 Å². The normalized spacial score (nSPS) is 12.8. The highest BCUT2D eigenvalue weighted by Gasteiger charge is 2.15. The number of benzene rings is 2. The van der Waals surface area contributed by atoms with Gasteiger partial charge in [0.2, 0.25) is 0 Å². The summed E-state index contributed by atoms with van der Waals surface area (Å²) in [6.45, 7) is 1.62. The quantitative estimate of drug-likeness (QED) is 0.778. The molecule has 6 heteroatoms. The Morgan fingerprint density at radius 3 is 2.25 bits per heavy atom. The minimum Gasteiger partial charge on any atom is -0.394 e. The second-order valence-corrected chi connectivity index (χ2v) is 5.80. The summed E-state index contributed by atoms with van der Waals surface area (Å²) in [7, 11) is 0. The number of nitrogens with one attached hydrogen (secondary N) is 2. The average molecular weight is 344 g/mol. The van der Waals surface area contributed by atoms with Gasteiger partial charge in [-0.3, -0.25) is 0 Å². The SMILES string of the molecule is CC(NC(=O)NC(CO)c1ccc(Cl)cc1)c1ccc(C#N)cc1. The van der Waals surface area contributed by atoms with E-state index in [2.05, 4.69) is 16.7 Å². The fourth-order valence-electron chi connectivity index (χ4n) is 2.26. The Hall–Kier alpha value is -2.55. The molecular weight excluding hydrogens is 326 g/mol. The Kier molecular flexibility index (Phi) is 6.19. The highest BCUT2D eigenvalue weighted by atomic mass is 35.5. The van der Waals surface area contributed by atoms with E-state index in [1.54, 1.807) is 48.5 Å². The Morgan fingerprint density at radius 2 is 1.71 bits per heavy atom. The van der Waals surface area contributed by atoms with Crippen LogP contribution in [-0.4, -0.2) is 17.7 Å². The van der Waals surface area contributed by atoms with E-state index in [0.717, 1.165) is 11.1 Å². The zero-order valence-electron chi connectivity index (χ0n) is 13.2. The van der Waals surface area contributed by atoms with Gasteiger partial charge in [0.05, 0.1) is 30.3 Å². The third kappa shape index (κ3) is 4.72. The molecule has 124 valence electrons. The van der Waals surface area contributed by atoms with Gasteiger partial charge in [-0.25, -0.2) is 4.79 Å². The van der Waals surface area contributed by atoms with Gasteiger partial charge in [-0.1, -0.05) is 35.9 Å². The van der Waals surface area contributed by atoms with Crippen molar-refractivity contribution in [1.82, 2.24) is 10.6 Å². The van der Waals surface area contributed by atoms with Crippen LogP contribution in [0.3, 0.4) is 0 Å². The van der Waals surface area contributed by atoms with E-state index in [0.29, 0.717) is 10.6 Å². The third-order valence-corrected chi connectivity index (χ3v) is 3.90. The second kappa shape index (κ2) is 8.34. The summed E-state index contributed by atoms with van der Waals surface area (Å²) < 4.78 is 0. The molecule has 0 heterocycles. The van der Waals surface area contributed by atoms with Crippen molar-refractivity contribution >= 4 is 17.6 Å².